The van der Waals surface area contributed by atoms with Crippen LogP contribution in [0, 0.1) is 13.8 Å². The van der Waals surface area contributed by atoms with Crippen molar-refractivity contribution in [2.24, 2.45) is 0 Å². The molecule has 2 aromatic rings. The van der Waals surface area contributed by atoms with Gasteiger partial charge in [0.25, 0.3) is 0 Å². The number of carbonyl (C=O) groups is 1. The van der Waals surface area contributed by atoms with E-state index in [0.717, 1.165) is 35.2 Å². The Hall–Kier alpha value is -2.08. The molecule has 28 heavy (non-hydrogen) atoms. The van der Waals surface area contributed by atoms with Gasteiger partial charge in [-0.05, 0) is 56.6 Å². The number of para-hydroxylation sites is 1. The summed E-state index contributed by atoms with van der Waals surface area (Å²) in [6, 6.07) is 8.46. The molecule has 0 aliphatic carbocycles. The van der Waals surface area contributed by atoms with Crippen molar-refractivity contribution < 1.29 is 4.79 Å². The van der Waals surface area contributed by atoms with Crippen molar-refractivity contribution in [3.8, 4) is 0 Å². The average Bonchev–Trinajstić information content (AvgIpc) is 3.22. The van der Waals surface area contributed by atoms with E-state index in [4.69, 9.17) is 0 Å². The van der Waals surface area contributed by atoms with Crippen molar-refractivity contribution in [1.29, 1.82) is 0 Å². The van der Waals surface area contributed by atoms with Gasteiger partial charge in [0.05, 0.1) is 0 Å². The van der Waals surface area contributed by atoms with Gasteiger partial charge in [0.1, 0.15) is 0 Å². The minimum atomic E-state index is 0.156. The third-order valence-corrected chi connectivity index (χ3v) is 5.99. The molecule has 1 amide bonds. The molecule has 0 saturated carbocycles. The monoisotopic (exact) mass is 398 g/mol. The zero-order chi connectivity index (χ0) is 20.1. The smallest absolute Gasteiger partial charge is 0.222 e. The minimum absolute atomic E-state index is 0.156. The van der Waals surface area contributed by atoms with Crippen molar-refractivity contribution in [2.75, 3.05) is 31.3 Å². The highest BCUT2D eigenvalue weighted by Crippen LogP contribution is 2.25. The first-order valence-electron chi connectivity index (χ1n) is 9.94. The van der Waals surface area contributed by atoms with Gasteiger partial charge in [-0.15, -0.1) is 0 Å². The molecule has 0 unspecified atom stereocenters. The largest absolute Gasteiger partial charge is 0.371 e. The van der Waals surface area contributed by atoms with Gasteiger partial charge in [-0.2, -0.15) is 0 Å². The van der Waals surface area contributed by atoms with Gasteiger partial charge in [-0.1, -0.05) is 30.0 Å². The lowest BCUT2D eigenvalue weighted by Gasteiger charge is -2.24. The maximum Gasteiger partial charge on any atom is 0.222 e. The van der Waals surface area contributed by atoms with Gasteiger partial charge >= 0.3 is 0 Å². The van der Waals surface area contributed by atoms with Gasteiger partial charge < -0.3 is 9.80 Å². The van der Waals surface area contributed by atoms with Crippen molar-refractivity contribution in [2.45, 2.75) is 51.2 Å². The predicted molar refractivity (Wildman–Crippen MR) is 116 cm³/mol. The molecule has 0 radical (unpaired) electrons. The van der Waals surface area contributed by atoms with Crippen molar-refractivity contribution in [3.63, 3.8) is 0 Å². The molecule has 1 aliphatic heterocycles. The number of hydrogen-bond acceptors (Lipinski definition) is 5. The molecule has 2 heterocycles. The van der Waals surface area contributed by atoms with Crippen molar-refractivity contribution >= 4 is 23.4 Å². The number of nitrogens with zero attached hydrogens (tertiary/aromatic N) is 4. The molecular formula is C22H30N4OS. The molecular weight excluding hydrogens is 368 g/mol. The summed E-state index contributed by atoms with van der Waals surface area (Å²) in [7, 11) is 1.90. The first-order valence-corrected chi connectivity index (χ1v) is 11.2. The first kappa shape index (κ1) is 20.6. The summed E-state index contributed by atoms with van der Waals surface area (Å²) in [5.41, 5.74) is 5.54. The second-order valence-corrected chi connectivity index (χ2v) is 8.21. The number of hydrogen-bond donors (Lipinski definition) is 0. The summed E-state index contributed by atoms with van der Waals surface area (Å²) in [4.78, 5) is 26.1. The second kappa shape index (κ2) is 9.41. The van der Waals surface area contributed by atoms with E-state index < -0.39 is 0 Å². The number of rotatable bonds is 7. The number of benzene rings is 1. The molecule has 5 nitrogen and oxygen atoms in total. The highest BCUT2D eigenvalue weighted by molar-refractivity contribution is 7.98. The van der Waals surface area contributed by atoms with Crippen LogP contribution in [-0.4, -0.2) is 47.2 Å². The Morgan fingerprint density at radius 1 is 1.14 bits per heavy atom. The zero-order valence-electron chi connectivity index (χ0n) is 17.4. The van der Waals surface area contributed by atoms with Crippen LogP contribution in [0.25, 0.3) is 0 Å². The molecule has 150 valence electrons. The zero-order valence-corrected chi connectivity index (χ0v) is 18.2. The van der Waals surface area contributed by atoms with Gasteiger partial charge in [0, 0.05) is 50.2 Å². The molecule has 1 saturated heterocycles. The Balaban J connectivity index is 1.63. The fourth-order valence-corrected chi connectivity index (χ4v) is 4.30. The Labute approximate surface area is 172 Å². The third-order valence-electron chi connectivity index (χ3n) is 5.44. The molecule has 1 aromatic heterocycles. The molecule has 0 spiro atoms. The Morgan fingerprint density at radius 3 is 2.43 bits per heavy atom. The van der Waals surface area contributed by atoms with E-state index in [1.165, 1.54) is 24.1 Å². The fraction of sp³-hybridized carbons (Fsp3) is 0.500. The molecule has 0 bridgehead atoms. The molecule has 3 rings (SSSR count). The highest BCUT2D eigenvalue weighted by atomic mass is 32.2. The van der Waals surface area contributed by atoms with Crippen LogP contribution in [0.15, 0.2) is 29.4 Å². The summed E-state index contributed by atoms with van der Waals surface area (Å²) < 4.78 is 0. The highest BCUT2D eigenvalue weighted by Gasteiger charge is 2.18. The lowest BCUT2D eigenvalue weighted by Crippen LogP contribution is -2.28. The van der Waals surface area contributed by atoms with Gasteiger partial charge in [0.15, 0.2) is 5.16 Å². The maximum atomic E-state index is 12.8. The van der Waals surface area contributed by atoms with E-state index in [9.17, 15) is 4.79 Å². The predicted octanol–water partition coefficient (Wildman–Crippen LogP) is 4.01. The Kier molecular flexibility index (Phi) is 6.94. The minimum Gasteiger partial charge on any atom is -0.371 e. The third kappa shape index (κ3) is 4.85. The molecule has 1 aliphatic rings. The van der Waals surface area contributed by atoms with Gasteiger partial charge in [-0.25, -0.2) is 9.97 Å². The fourth-order valence-electron chi connectivity index (χ4n) is 3.84. The summed E-state index contributed by atoms with van der Waals surface area (Å²) in [5.74, 6) is 0.156. The van der Waals surface area contributed by atoms with Crippen LogP contribution in [0.4, 0.5) is 5.69 Å². The van der Waals surface area contributed by atoms with Gasteiger partial charge in [0.2, 0.25) is 5.91 Å². The Morgan fingerprint density at radius 2 is 1.79 bits per heavy atom. The number of amides is 1. The number of anilines is 1. The summed E-state index contributed by atoms with van der Waals surface area (Å²) in [6.07, 6.45) is 5.64. The van der Waals surface area contributed by atoms with E-state index in [2.05, 4.69) is 39.1 Å². The number of carbonyl (C=O) groups excluding carboxylic acids is 1. The number of aromatic nitrogens is 2. The first-order chi connectivity index (χ1) is 13.5. The lowest BCUT2D eigenvalue weighted by molar-refractivity contribution is -0.130. The summed E-state index contributed by atoms with van der Waals surface area (Å²) in [6.45, 7) is 6.87. The van der Waals surface area contributed by atoms with E-state index in [0.29, 0.717) is 19.4 Å². The van der Waals surface area contributed by atoms with Crippen LogP contribution in [0.3, 0.4) is 0 Å². The number of aryl methyl sites for hydroxylation is 2. The average molecular weight is 399 g/mol. The van der Waals surface area contributed by atoms with E-state index in [1.54, 1.807) is 11.8 Å². The summed E-state index contributed by atoms with van der Waals surface area (Å²) >= 11 is 1.55. The van der Waals surface area contributed by atoms with Crippen molar-refractivity contribution in [3.05, 3.63) is 46.8 Å². The quantitative estimate of drug-likeness (QED) is 0.521. The topological polar surface area (TPSA) is 49.3 Å². The Bertz CT molecular complexity index is 810. The van der Waals surface area contributed by atoms with Crippen molar-refractivity contribution in [1.82, 2.24) is 14.9 Å². The van der Waals surface area contributed by atoms with Crippen LogP contribution in [0.1, 0.15) is 41.8 Å². The normalized spacial score (nSPS) is 13.8. The van der Waals surface area contributed by atoms with E-state index >= 15 is 0 Å². The summed E-state index contributed by atoms with van der Waals surface area (Å²) in [5, 5.41) is 0.792. The molecule has 0 N–H and O–H groups in total. The van der Waals surface area contributed by atoms with Crippen LogP contribution < -0.4 is 4.90 Å². The van der Waals surface area contributed by atoms with E-state index in [1.807, 2.05) is 32.1 Å². The van der Waals surface area contributed by atoms with Crippen LogP contribution in [0.2, 0.25) is 0 Å². The molecule has 0 atom stereocenters. The van der Waals surface area contributed by atoms with E-state index in [-0.39, 0.29) is 5.91 Å². The van der Waals surface area contributed by atoms with Crippen LogP contribution >= 0.6 is 11.8 Å². The second-order valence-electron chi connectivity index (χ2n) is 7.43. The standard InChI is InChI=1S/C22H30N4OS/c1-16-19(17(2)24-22(23-16)28-4)11-12-21(27)25(3)15-18-9-5-6-10-20(18)26-13-7-8-14-26/h5-6,9-10H,7-8,11-15H2,1-4H3. The van der Waals surface area contributed by atoms with Gasteiger partial charge in [-0.3, -0.25) is 4.79 Å². The maximum absolute atomic E-state index is 12.8. The molecule has 6 heteroatoms. The number of thioether (sulfide) groups is 1. The molecule has 1 fully saturated rings. The van der Waals surface area contributed by atoms with Crippen LogP contribution in [-0.2, 0) is 17.8 Å². The van der Waals surface area contributed by atoms with Crippen LogP contribution in [0.5, 0.6) is 0 Å². The lowest BCUT2D eigenvalue weighted by atomic mass is 10.1. The SMILES string of the molecule is CSc1nc(C)c(CCC(=O)N(C)Cc2ccccc2N2CCCC2)c(C)n1. The molecule has 1 aromatic carbocycles.